The molecule has 1 fully saturated rings. The van der Waals surface area contributed by atoms with Gasteiger partial charge in [-0.2, -0.15) is 0 Å². The second-order valence-electron chi connectivity index (χ2n) is 6.35. The van der Waals surface area contributed by atoms with Crippen LogP contribution in [0.1, 0.15) is 18.4 Å². The Hall–Kier alpha value is -3.09. The number of hydrogen-bond donors (Lipinski definition) is 2. The van der Waals surface area contributed by atoms with Crippen LogP contribution in [0, 0.1) is 17.0 Å². The van der Waals surface area contributed by atoms with Crippen molar-refractivity contribution in [3.05, 3.63) is 58.1 Å². The lowest BCUT2D eigenvalue weighted by molar-refractivity contribution is -0.385. The quantitative estimate of drug-likeness (QED) is 0.612. The van der Waals surface area contributed by atoms with Gasteiger partial charge in [0.05, 0.1) is 11.5 Å². The third-order valence-corrected chi connectivity index (χ3v) is 4.56. The first-order valence-electron chi connectivity index (χ1n) is 8.67. The smallest absolute Gasteiger partial charge is 0.274 e. The third-order valence-electron chi connectivity index (χ3n) is 4.56. The van der Waals surface area contributed by atoms with Crippen LogP contribution in [0.5, 0.6) is 0 Å². The molecule has 0 aromatic heterocycles. The summed E-state index contributed by atoms with van der Waals surface area (Å²) < 4.78 is 0. The normalized spacial score (nSPS) is 13.5. The van der Waals surface area contributed by atoms with Crippen molar-refractivity contribution in [2.24, 2.45) is 0 Å². The van der Waals surface area contributed by atoms with Crippen LogP contribution in [-0.2, 0) is 4.79 Å². The van der Waals surface area contributed by atoms with Gasteiger partial charge in [0.2, 0.25) is 5.91 Å². The Morgan fingerprint density at radius 2 is 1.85 bits per heavy atom. The van der Waals surface area contributed by atoms with Gasteiger partial charge in [-0.3, -0.25) is 14.9 Å². The summed E-state index contributed by atoms with van der Waals surface area (Å²) in [5.74, 6) is -0.204. The molecular formula is C19H22N4O3. The minimum Gasteiger partial charge on any atom is -0.376 e. The van der Waals surface area contributed by atoms with Crippen molar-refractivity contribution in [1.82, 2.24) is 0 Å². The van der Waals surface area contributed by atoms with E-state index in [4.69, 9.17) is 0 Å². The summed E-state index contributed by atoms with van der Waals surface area (Å²) in [6, 6.07) is 12.6. The van der Waals surface area contributed by atoms with Gasteiger partial charge in [0.15, 0.2) is 0 Å². The lowest BCUT2D eigenvalue weighted by Gasteiger charge is -2.17. The number of nitro benzene ring substituents is 1. The molecule has 1 aliphatic rings. The molecule has 0 bridgehead atoms. The Balaban J connectivity index is 1.56. The van der Waals surface area contributed by atoms with E-state index in [-0.39, 0.29) is 18.1 Å². The summed E-state index contributed by atoms with van der Waals surface area (Å²) >= 11 is 0. The fraction of sp³-hybridized carbons (Fsp3) is 0.316. The van der Waals surface area contributed by atoms with Gasteiger partial charge in [0.25, 0.3) is 5.69 Å². The monoisotopic (exact) mass is 354 g/mol. The van der Waals surface area contributed by atoms with Gasteiger partial charge in [-0.25, -0.2) is 0 Å². The van der Waals surface area contributed by atoms with E-state index < -0.39 is 4.92 Å². The summed E-state index contributed by atoms with van der Waals surface area (Å²) in [4.78, 5) is 25.0. The second kappa shape index (κ2) is 7.86. The summed E-state index contributed by atoms with van der Waals surface area (Å²) in [5.41, 5.74) is 3.04. The number of rotatable bonds is 6. The van der Waals surface area contributed by atoms with E-state index in [9.17, 15) is 14.9 Å². The van der Waals surface area contributed by atoms with E-state index in [1.165, 1.54) is 24.6 Å². The SMILES string of the molecule is Cc1c(NCC(=O)Nc2ccc(N3CCCC3)cc2)cccc1[N+](=O)[O-]. The molecule has 0 unspecified atom stereocenters. The Morgan fingerprint density at radius 1 is 1.15 bits per heavy atom. The molecule has 1 aliphatic heterocycles. The summed E-state index contributed by atoms with van der Waals surface area (Å²) in [6.45, 7) is 3.86. The number of nitro groups is 1. The van der Waals surface area contributed by atoms with Gasteiger partial charge in [0.1, 0.15) is 0 Å². The number of carbonyl (C=O) groups excluding carboxylic acids is 1. The van der Waals surface area contributed by atoms with Crippen molar-refractivity contribution < 1.29 is 9.72 Å². The molecule has 0 atom stereocenters. The highest BCUT2D eigenvalue weighted by molar-refractivity contribution is 5.94. The number of amides is 1. The molecule has 0 aliphatic carbocycles. The van der Waals surface area contributed by atoms with Crippen LogP contribution in [0.4, 0.5) is 22.7 Å². The van der Waals surface area contributed by atoms with Gasteiger partial charge >= 0.3 is 0 Å². The third kappa shape index (κ3) is 4.11. The van der Waals surface area contributed by atoms with Crippen molar-refractivity contribution in [3.8, 4) is 0 Å². The highest BCUT2D eigenvalue weighted by atomic mass is 16.6. The molecule has 2 aromatic carbocycles. The zero-order chi connectivity index (χ0) is 18.5. The molecule has 26 heavy (non-hydrogen) atoms. The molecule has 0 radical (unpaired) electrons. The summed E-state index contributed by atoms with van der Waals surface area (Å²) in [5, 5.41) is 16.8. The maximum atomic E-state index is 12.1. The molecular weight excluding hydrogens is 332 g/mol. The molecule has 2 N–H and O–H groups in total. The van der Waals surface area contributed by atoms with Gasteiger partial charge in [-0.15, -0.1) is 0 Å². The highest BCUT2D eigenvalue weighted by Gasteiger charge is 2.14. The van der Waals surface area contributed by atoms with E-state index in [0.717, 1.165) is 18.8 Å². The molecule has 7 heteroatoms. The van der Waals surface area contributed by atoms with E-state index in [2.05, 4.69) is 15.5 Å². The molecule has 136 valence electrons. The Kier molecular flexibility index (Phi) is 5.36. The lowest BCUT2D eigenvalue weighted by atomic mass is 10.1. The fourth-order valence-corrected chi connectivity index (χ4v) is 3.12. The maximum absolute atomic E-state index is 12.1. The van der Waals surface area contributed by atoms with E-state index in [1.807, 2.05) is 24.3 Å². The largest absolute Gasteiger partial charge is 0.376 e. The average Bonchev–Trinajstić information content (AvgIpc) is 3.16. The van der Waals surface area contributed by atoms with Crippen LogP contribution >= 0.6 is 0 Å². The number of anilines is 3. The predicted molar refractivity (Wildman–Crippen MR) is 103 cm³/mol. The number of carbonyl (C=O) groups is 1. The molecule has 1 amide bonds. The average molecular weight is 354 g/mol. The molecule has 0 saturated carbocycles. The molecule has 7 nitrogen and oxygen atoms in total. The fourth-order valence-electron chi connectivity index (χ4n) is 3.12. The maximum Gasteiger partial charge on any atom is 0.274 e. The first-order chi connectivity index (χ1) is 12.5. The number of benzene rings is 2. The van der Waals surface area contributed by atoms with E-state index in [0.29, 0.717) is 11.3 Å². The van der Waals surface area contributed by atoms with Crippen molar-refractivity contribution in [2.45, 2.75) is 19.8 Å². The highest BCUT2D eigenvalue weighted by Crippen LogP contribution is 2.25. The zero-order valence-corrected chi connectivity index (χ0v) is 14.7. The van der Waals surface area contributed by atoms with Crippen LogP contribution in [0.3, 0.4) is 0 Å². The minimum absolute atomic E-state index is 0.0351. The molecule has 3 rings (SSSR count). The van der Waals surface area contributed by atoms with Crippen molar-refractivity contribution in [2.75, 3.05) is 35.2 Å². The zero-order valence-electron chi connectivity index (χ0n) is 14.7. The second-order valence-corrected chi connectivity index (χ2v) is 6.35. The molecule has 1 saturated heterocycles. The summed E-state index contributed by atoms with van der Waals surface area (Å²) in [6.07, 6.45) is 2.45. The Bertz CT molecular complexity index is 799. The van der Waals surface area contributed by atoms with Crippen LogP contribution in [0.15, 0.2) is 42.5 Å². The van der Waals surface area contributed by atoms with Crippen molar-refractivity contribution >= 4 is 28.7 Å². The van der Waals surface area contributed by atoms with E-state index in [1.54, 1.807) is 19.1 Å². The van der Waals surface area contributed by atoms with Gasteiger partial charge in [-0.1, -0.05) is 6.07 Å². The number of nitrogens with zero attached hydrogens (tertiary/aromatic N) is 2. The van der Waals surface area contributed by atoms with Crippen LogP contribution in [0.2, 0.25) is 0 Å². The summed E-state index contributed by atoms with van der Waals surface area (Å²) in [7, 11) is 0. The number of hydrogen-bond acceptors (Lipinski definition) is 5. The Morgan fingerprint density at radius 3 is 2.50 bits per heavy atom. The molecule has 2 aromatic rings. The van der Waals surface area contributed by atoms with Crippen LogP contribution in [-0.4, -0.2) is 30.5 Å². The van der Waals surface area contributed by atoms with Crippen molar-refractivity contribution in [1.29, 1.82) is 0 Å². The molecule has 1 heterocycles. The van der Waals surface area contributed by atoms with Gasteiger partial charge in [-0.05, 0) is 50.1 Å². The lowest BCUT2D eigenvalue weighted by Crippen LogP contribution is -2.22. The van der Waals surface area contributed by atoms with E-state index >= 15 is 0 Å². The first-order valence-corrected chi connectivity index (χ1v) is 8.67. The van der Waals surface area contributed by atoms with Crippen molar-refractivity contribution in [3.63, 3.8) is 0 Å². The Labute approximate surface area is 152 Å². The van der Waals surface area contributed by atoms with Crippen LogP contribution < -0.4 is 15.5 Å². The van der Waals surface area contributed by atoms with Crippen LogP contribution in [0.25, 0.3) is 0 Å². The number of nitrogens with one attached hydrogen (secondary N) is 2. The topological polar surface area (TPSA) is 87.5 Å². The minimum atomic E-state index is -0.428. The first kappa shape index (κ1) is 17.7. The van der Waals surface area contributed by atoms with Gasteiger partial charge < -0.3 is 15.5 Å². The standard InChI is InChI=1S/C19H22N4O3/c1-14-17(5-4-6-18(14)23(25)26)20-13-19(24)21-15-7-9-16(10-8-15)22-11-2-3-12-22/h4-10,20H,2-3,11-13H2,1H3,(H,21,24). The predicted octanol–water partition coefficient (Wildman–Crippen LogP) is 3.55. The van der Waals surface area contributed by atoms with Gasteiger partial charge in [0, 0.05) is 41.8 Å². The molecule has 0 spiro atoms.